The van der Waals surface area contributed by atoms with Crippen LogP contribution in [-0.4, -0.2) is 4.98 Å². The van der Waals surface area contributed by atoms with Crippen LogP contribution in [0.5, 0.6) is 5.75 Å². The standard InChI is InChI=1S/C13H11N3O/c14-8-10-1-3-12(4-2-10)17-9-11-5-6-16-13(15)7-11/h1-7H,9H2,(H2,15,16). The number of nitrogens with two attached hydrogens (primary N) is 1. The highest BCUT2D eigenvalue weighted by molar-refractivity contribution is 5.35. The van der Waals surface area contributed by atoms with E-state index in [0.29, 0.717) is 18.0 Å². The average Bonchev–Trinajstić information content (AvgIpc) is 2.37. The van der Waals surface area contributed by atoms with Crippen molar-refractivity contribution in [3.8, 4) is 11.8 Å². The molecule has 0 bridgehead atoms. The fourth-order valence-corrected chi connectivity index (χ4v) is 1.38. The van der Waals surface area contributed by atoms with Crippen LogP contribution in [0.4, 0.5) is 5.82 Å². The Morgan fingerprint density at radius 2 is 2.00 bits per heavy atom. The van der Waals surface area contributed by atoms with Gasteiger partial charge in [0.2, 0.25) is 0 Å². The Bertz CT molecular complexity index is 543. The summed E-state index contributed by atoms with van der Waals surface area (Å²) < 4.78 is 5.55. The van der Waals surface area contributed by atoms with Gasteiger partial charge in [0.1, 0.15) is 18.2 Å². The Morgan fingerprint density at radius 3 is 2.65 bits per heavy atom. The van der Waals surface area contributed by atoms with Crippen LogP contribution in [0.15, 0.2) is 42.6 Å². The molecule has 0 aliphatic rings. The number of pyridine rings is 1. The molecule has 4 heteroatoms. The van der Waals surface area contributed by atoms with E-state index >= 15 is 0 Å². The predicted octanol–water partition coefficient (Wildman–Crippen LogP) is 2.11. The summed E-state index contributed by atoms with van der Waals surface area (Å²) in [6, 6.07) is 12.6. The minimum absolute atomic E-state index is 0.429. The van der Waals surface area contributed by atoms with E-state index in [1.165, 1.54) is 0 Å². The van der Waals surface area contributed by atoms with E-state index in [4.69, 9.17) is 15.7 Å². The van der Waals surface area contributed by atoms with Crippen molar-refractivity contribution in [2.24, 2.45) is 0 Å². The van der Waals surface area contributed by atoms with Gasteiger partial charge in [-0.05, 0) is 42.0 Å². The first-order valence-electron chi connectivity index (χ1n) is 5.11. The maximum absolute atomic E-state index is 8.66. The summed E-state index contributed by atoms with van der Waals surface area (Å²) in [5.41, 5.74) is 7.14. The van der Waals surface area contributed by atoms with Crippen LogP contribution in [0.25, 0.3) is 0 Å². The van der Waals surface area contributed by atoms with Gasteiger partial charge in [-0.3, -0.25) is 0 Å². The lowest BCUT2D eigenvalue weighted by molar-refractivity contribution is 0.306. The average molecular weight is 225 g/mol. The summed E-state index contributed by atoms with van der Waals surface area (Å²) in [6.07, 6.45) is 1.65. The van der Waals surface area contributed by atoms with Crippen LogP contribution in [0.2, 0.25) is 0 Å². The van der Waals surface area contributed by atoms with E-state index in [2.05, 4.69) is 11.1 Å². The molecule has 84 valence electrons. The van der Waals surface area contributed by atoms with E-state index in [1.54, 1.807) is 36.5 Å². The molecule has 0 aliphatic carbocycles. The van der Waals surface area contributed by atoms with Gasteiger partial charge in [0, 0.05) is 6.20 Å². The number of rotatable bonds is 3. The lowest BCUT2D eigenvalue weighted by Gasteiger charge is -2.06. The molecular formula is C13H11N3O. The number of nitrogen functional groups attached to an aromatic ring is 1. The second-order valence-electron chi connectivity index (χ2n) is 3.51. The molecule has 1 aromatic carbocycles. The highest BCUT2D eigenvalue weighted by Crippen LogP contribution is 2.14. The third-order valence-electron chi connectivity index (χ3n) is 2.23. The first kappa shape index (κ1) is 11.0. The van der Waals surface area contributed by atoms with Crippen molar-refractivity contribution in [3.05, 3.63) is 53.7 Å². The van der Waals surface area contributed by atoms with Gasteiger partial charge in [0.15, 0.2) is 0 Å². The monoisotopic (exact) mass is 225 g/mol. The minimum atomic E-state index is 0.429. The quantitative estimate of drug-likeness (QED) is 0.868. The van der Waals surface area contributed by atoms with Crippen LogP contribution < -0.4 is 10.5 Å². The van der Waals surface area contributed by atoms with E-state index in [0.717, 1.165) is 11.3 Å². The summed E-state index contributed by atoms with van der Waals surface area (Å²) in [5.74, 6) is 1.20. The molecule has 1 aromatic heterocycles. The fourth-order valence-electron chi connectivity index (χ4n) is 1.38. The summed E-state index contributed by atoms with van der Waals surface area (Å²) in [5, 5.41) is 8.66. The van der Waals surface area contributed by atoms with Crippen molar-refractivity contribution in [2.75, 3.05) is 5.73 Å². The Kier molecular flexibility index (Phi) is 3.22. The van der Waals surface area contributed by atoms with Crippen molar-refractivity contribution in [1.29, 1.82) is 5.26 Å². The third kappa shape index (κ3) is 2.95. The first-order chi connectivity index (χ1) is 8.28. The SMILES string of the molecule is N#Cc1ccc(OCc2ccnc(N)c2)cc1. The molecule has 2 aromatic rings. The number of nitriles is 1. The predicted molar refractivity (Wildman–Crippen MR) is 64.1 cm³/mol. The summed E-state index contributed by atoms with van der Waals surface area (Å²) in [7, 11) is 0. The maximum Gasteiger partial charge on any atom is 0.123 e. The third-order valence-corrected chi connectivity index (χ3v) is 2.23. The molecule has 0 atom stereocenters. The Labute approximate surface area is 99.3 Å². The minimum Gasteiger partial charge on any atom is -0.489 e. The van der Waals surface area contributed by atoms with Crippen LogP contribution in [0.3, 0.4) is 0 Å². The number of benzene rings is 1. The molecule has 4 nitrogen and oxygen atoms in total. The van der Waals surface area contributed by atoms with Gasteiger partial charge in [-0.15, -0.1) is 0 Å². The number of hydrogen-bond acceptors (Lipinski definition) is 4. The Balaban J connectivity index is 2.00. The molecule has 0 unspecified atom stereocenters. The van der Waals surface area contributed by atoms with Crippen LogP contribution in [-0.2, 0) is 6.61 Å². The van der Waals surface area contributed by atoms with Gasteiger partial charge in [-0.1, -0.05) is 0 Å². The second kappa shape index (κ2) is 4.99. The van der Waals surface area contributed by atoms with Gasteiger partial charge in [0.05, 0.1) is 11.6 Å². The van der Waals surface area contributed by atoms with Gasteiger partial charge >= 0.3 is 0 Å². The lowest BCUT2D eigenvalue weighted by atomic mass is 10.2. The van der Waals surface area contributed by atoms with Gasteiger partial charge in [0.25, 0.3) is 0 Å². The number of hydrogen-bond donors (Lipinski definition) is 1. The molecule has 17 heavy (non-hydrogen) atoms. The van der Waals surface area contributed by atoms with Crippen molar-refractivity contribution >= 4 is 5.82 Å². The van der Waals surface area contributed by atoms with E-state index < -0.39 is 0 Å². The van der Waals surface area contributed by atoms with Gasteiger partial charge < -0.3 is 10.5 Å². The Morgan fingerprint density at radius 1 is 1.24 bits per heavy atom. The largest absolute Gasteiger partial charge is 0.489 e. The zero-order chi connectivity index (χ0) is 12.1. The van der Waals surface area contributed by atoms with Gasteiger partial charge in [-0.2, -0.15) is 5.26 Å². The normalized spacial score (nSPS) is 9.59. The fraction of sp³-hybridized carbons (Fsp3) is 0.0769. The maximum atomic E-state index is 8.66. The molecule has 0 spiro atoms. The molecule has 0 aliphatic heterocycles. The second-order valence-corrected chi connectivity index (χ2v) is 3.51. The summed E-state index contributed by atoms with van der Waals surface area (Å²) in [6.45, 7) is 0.429. The molecule has 0 amide bonds. The molecule has 0 saturated heterocycles. The Hall–Kier alpha value is -2.54. The summed E-state index contributed by atoms with van der Waals surface area (Å²) >= 11 is 0. The van der Waals surface area contributed by atoms with E-state index in [-0.39, 0.29) is 0 Å². The highest BCUT2D eigenvalue weighted by Gasteiger charge is 1.97. The van der Waals surface area contributed by atoms with Crippen molar-refractivity contribution in [1.82, 2.24) is 4.98 Å². The molecule has 0 saturated carbocycles. The van der Waals surface area contributed by atoms with E-state index in [9.17, 15) is 0 Å². The number of nitrogens with zero attached hydrogens (tertiary/aromatic N) is 2. The van der Waals surface area contributed by atoms with Crippen molar-refractivity contribution in [3.63, 3.8) is 0 Å². The van der Waals surface area contributed by atoms with Crippen LogP contribution in [0.1, 0.15) is 11.1 Å². The van der Waals surface area contributed by atoms with Gasteiger partial charge in [-0.25, -0.2) is 4.98 Å². The molecule has 0 fully saturated rings. The molecule has 2 N–H and O–H groups in total. The van der Waals surface area contributed by atoms with Crippen molar-refractivity contribution in [2.45, 2.75) is 6.61 Å². The zero-order valence-electron chi connectivity index (χ0n) is 9.13. The molecule has 0 radical (unpaired) electrons. The molecule has 1 heterocycles. The molecular weight excluding hydrogens is 214 g/mol. The van der Waals surface area contributed by atoms with E-state index in [1.807, 2.05) is 6.07 Å². The number of aromatic nitrogens is 1. The lowest BCUT2D eigenvalue weighted by Crippen LogP contribution is -1.97. The molecule has 2 rings (SSSR count). The van der Waals surface area contributed by atoms with Crippen LogP contribution >= 0.6 is 0 Å². The smallest absolute Gasteiger partial charge is 0.123 e. The number of ether oxygens (including phenoxy) is 1. The topological polar surface area (TPSA) is 71.9 Å². The van der Waals surface area contributed by atoms with Crippen molar-refractivity contribution < 1.29 is 4.74 Å². The first-order valence-corrected chi connectivity index (χ1v) is 5.11. The number of anilines is 1. The highest BCUT2D eigenvalue weighted by atomic mass is 16.5. The van der Waals surface area contributed by atoms with Crippen LogP contribution in [0, 0.1) is 11.3 Å². The summed E-state index contributed by atoms with van der Waals surface area (Å²) in [4.78, 5) is 3.90. The zero-order valence-corrected chi connectivity index (χ0v) is 9.13.